The fourth-order valence-corrected chi connectivity index (χ4v) is 3.14. The minimum atomic E-state index is -0.585. The molecule has 5 rings (SSSR count). The number of esters is 1. The van der Waals surface area contributed by atoms with E-state index in [9.17, 15) is 4.79 Å². The van der Waals surface area contributed by atoms with Gasteiger partial charge >= 0.3 is 18.0 Å². The zero-order valence-corrected chi connectivity index (χ0v) is 17.8. The van der Waals surface area contributed by atoms with Gasteiger partial charge in [-0.3, -0.25) is 10.2 Å². The second-order valence-electron chi connectivity index (χ2n) is 7.16. The van der Waals surface area contributed by atoms with Crippen molar-refractivity contribution in [3.05, 3.63) is 103 Å². The molecule has 0 saturated heterocycles. The fraction of sp³-hybridized carbons (Fsp3) is 0. The normalized spacial score (nSPS) is 10.6. The molecule has 0 aliphatic carbocycles. The molecule has 0 amide bonds. The molecule has 2 heterocycles. The van der Waals surface area contributed by atoms with Gasteiger partial charge in [-0.1, -0.05) is 79.4 Å². The van der Waals surface area contributed by atoms with Crippen molar-refractivity contribution in [1.82, 2.24) is 30.4 Å². The van der Waals surface area contributed by atoms with E-state index in [4.69, 9.17) is 9.47 Å². The Bertz CT molecular complexity index is 1320. The van der Waals surface area contributed by atoms with Crippen LogP contribution in [0, 0.1) is 0 Å². The highest BCUT2D eigenvalue weighted by Crippen LogP contribution is 2.21. The summed E-state index contributed by atoms with van der Waals surface area (Å²) < 4.78 is 10.9. The molecule has 0 bridgehead atoms. The maximum absolute atomic E-state index is 12.5. The predicted octanol–water partition coefficient (Wildman–Crippen LogP) is 4.53. The van der Waals surface area contributed by atoms with E-state index < -0.39 is 5.97 Å². The van der Waals surface area contributed by atoms with Gasteiger partial charge in [-0.15, -0.1) is 10.2 Å². The summed E-state index contributed by atoms with van der Waals surface area (Å²) in [4.78, 5) is 21.0. The Morgan fingerprint density at radius 3 is 1.65 bits per heavy atom. The first-order valence-electron chi connectivity index (χ1n) is 10.3. The van der Waals surface area contributed by atoms with Crippen LogP contribution in [0.3, 0.4) is 0 Å². The molecular weight excluding hydrogens is 432 g/mol. The van der Waals surface area contributed by atoms with E-state index in [1.807, 2.05) is 60.7 Å². The van der Waals surface area contributed by atoms with Crippen molar-refractivity contribution in [1.29, 1.82) is 0 Å². The third kappa shape index (κ3) is 4.58. The van der Waals surface area contributed by atoms with Crippen molar-refractivity contribution in [3.63, 3.8) is 0 Å². The summed E-state index contributed by atoms with van der Waals surface area (Å²) in [7, 11) is 0. The number of nitrogens with zero attached hydrogens (tertiary/aromatic N) is 4. The highest BCUT2D eigenvalue weighted by atomic mass is 16.5. The van der Waals surface area contributed by atoms with E-state index in [2.05, 4.69) is 36.9 Å². The van der Waals surface area contributed by atoms with Crippen LogP contribution in [0.4, 0.5) is 0 Å². The highest BCUT2D eigenvalue weighted by molar-refractivity contribution is 5.91. The Morgan fingerprint density at radius 1 is 0.647 bits per heavy atom. The van der Waals surface area contributed by atoms with E-state index in [0.29, 0.717) is 28.5 Å². The smallest absolute Gasteiger partial charge is 0.345 e. The molecule has 0 radical (unpaired) electrons. The largest absolute Gasteiger partial charge is 0.423 e. The number of hydrogen-bond donors (Lipinski definition) is 2. The molecular formula is C25H18N6O3. The molecule has 9 heteroatoms. The van der Waals surface area contributed by atoms with Crippen molar-refractivity contribution < 1.29 is 14.3 Å². The summed E-state index contributed by atoms with van der Waals surface area (Å²) in [5.74, 6) is 0.844. The minimum Gasteiger partial charge on any atom is -0.423 e. The topological polar surface area (TPSA) is 119 Å². The molecule has 0 fully saturated rings. The Morgan fingerprint density at radius 2 is 1.12 bits per heavy atom. The fourth-order valence-electron chi connectivity index (χ4n) is 3.14. The van der Waals surface area contributed by atoms with Crippen molar-refractivity contribution in [2.24, 2.45) is 0 Å². The first-order valence-corrected chi connectivity index (χ1v) is 10.3. The van der Waals surface area contributed by atoms with Gasteiger partial charge in [0.25, 0.3) is 0 Å². The molecule has 166 valence electrons. The van der Waals surface area contributed by atoms with Gasteiger partial charge in [-0.25, -0.2) is 4.79 Å². The second-order valence-corrected chi connectivity index (χ2v) is 7.16. The average molecular weight is 450 g/mol. The van der Waals surface area contributed by atoms with Gasteiger partial charge < -0.3 is 9.47 Å². The van der Waals surface area contributed by atoms with Crippen LogP contribution in [-0.4, -0.2) is 36.3 Å². The summed E-state index contributed by atoms with van der Waals surface area (Å²) in [6.45, 7) is 3.92. The number of H-pyrrole nitrogens is 2. The van der Waals surface area contributed by atoms with Crippen molar-refractivity contribution >= 4 is 11.7 Å². The van der Waals surface area contributed by atoms with E-state index in [-0.39, 0.29) is 12.0 Å². The van der Waals surface area contributed by atoms with Gasteiger partial charge in [0.2, 0.25) is 0 Å². The van der Waals surface area contributed by atoms with E-state index in [1.165, 1.54) is 0 Å². The first kappa shape index (κ1) is 20.8. The average Bonchev–Trinajstić information content (AvgIpc) is 3.55. The van der Waals surface area contributed by atoms with Crippen molar-refractivity contribution in [2.45, 2.75) is 0 Å². The molecule has 34 heavy (non-hydrogen) atoms. The maximum atomic E-state index is 12.5. The molecule has 0 unspecified atom stereocenters. The van der Waals surface area contributed by atoms with Crippen LogP contribution in [0.15, 0.2) is 91.5 Å². The minimum absolute atomic E-state index is 0.0560. The van der Waals surface area contributed by atoms with Gasteiger partial charge in [0, 0.05) is 16.7 Å². The number of hydrogen-bond acceptors (Lipinski definition) is 7. The zero-order chi connectivity index (χ0) is 23.3. The van der Waals surface area contributed by atoms with E-state index in [1.54, 1.807) is 24.3 Å². The number of rotatable bonds is 7. The van der Waals surface area contributed by atoms with Crippen LogP contribution in [0.2, 0.25) is 0 Å². The number of carbonyl (C=O) groups excluding carboxylic acids is 1. The molecule has 0 aliphatic heterocycles. The Balaban J connectivity index is 1.21. The second kappa shape index (κ2) is 9.21. The Hall–Kier alpha value is -5.05. The third-order valence-electron chi connectivity index (χ3n) is 4.87. The Kier molecular flexibility index (Phi) is 5.64. The Labute approximate surface area is 194 Å². The van der Waals surface area contributed by atoms with Crippen LogP contribution in [0.1, 0.15) is 15.9 Å². The molecule has 0 spiro atoms. The maximum Gasteiger partial charge on any atom is 0.345 e. The lowest BCUT2D eigenvalue weighted by Gasteiger charge is -2.06. The summed E-state index contributed by atoms with van der Waals surface area (Å²) >= 11 is 0. The lowest BCUT2D eigenvalue weighted by molar-refractivity contribution is 0.0720. The molecule has 0 atom stereocenters. The number of aromatic nitrogens is 6. The van der Waals surface area contributed by atoms with Crippen molar-refractivity contribution in [2.75, 3.05) is 0 Å². The number of carbonyl (C=O) groups is 1. The van der Waals surface area contributed by atoms with Crippen LogP contribution in [-0.2, 0) is 0 Å². The predicted molar refractivity (Wildman–Crippen MR) is 125 cm³/mol. The number of ether oxygens (including phenoxy) is 2. The van der Waals surface area contributed by atoms with E-state index >= 15 is 0 Å². The van der Waals surface area contributed by atoms with Crippen LogP contribution < -0.4 is 9.47 Å². The molecule has 2 N–H and O–H groups in total. The van der Waals surface area contributed by atoms with Gasteiger partial charge in [-0.2, -0.15) is 9.97 Å². The quantitative estimate of drug-likeness (QED) is 0.276. The molecule has 9 nitrogen and oxygen atoms in total. The number of nitrogens with one attached hydrogen (secondary N) is 2. The van der Waals surface area contributed by atoms with Crippen LogP contribution >= 0.6 is 0 Å². The zero-order valence-electron chi connectivity index (χ0n) is 17.8. The summed E-state index contributed by atoms with van der Waals surface area (Å²) in [6.07, 6.45) is 0. The first-order chi connectivity index (χ1) is 16.7. The standard InChI is InChI=1S/C25H18N6O3/c1-16(33-24-26-21(28-30-24)18-8-4-2-5-9-18)17-12-14-20(15-13-17)23(32)34-25-27-22(29-31-25)19-10-6-3-7-11-19/h2-15H,1H2,(H,26,28,30)(H,27,29,31). The van der Waals surface area contributed by atoms with Crippen LogP contribution in [0.5, 0.6) is 12.0 Å². The summed E-state index contributed by atoms with van der Waals surface area (Å²) in [5, 5.41) is 13.6. The molecule has 5 aromatic rings. The van der Waals surface area contributed by atoms with Crippen LogP contribution in [0.25, 0.3) is 28.5 Å². The third-order valence-corrected chi connectivity index (χ3v) is 4.87. The van der Waals surface area contributed by atoms with Gasteiger partial charge in [-0.05, 0) is 12.1 Å². The van der Waals surface area contributed by atoms with Gasteiger partial charge in [0.15, 0.2) is 11.6 Å². The number of benzene rings is 3. The lowest BCUT2D eigenvalue weighted by Crippen LogP contribution is -2.09. The van der Waals surface area contributed by atoms with Gasteiger partial charge in [0.1, 0.15) is 5.76 Å². The highest BCUT2D eigenvalue weighted by Gasteiger charge is 2.14. The molecule has 0 saturated carbocycles. The number of aromatic amines is 2. The van der Waals surface area contributed by atoms with Gasteiger partial charge in [0.05, 0.1) is 5.56 Å². The molecule has 2 aromatic heterocycles. The summed E-state index contributed by atoms with van der Waals surface area (Å²) in [5.41, 5.74) is 2.71. The summed E-state index contributed by atoms with van der Waals surface area (Å²) in [6, 6.07) is 25.7. The molecule has 3 aromatic carbocycles. The van der Waals surface area contributed by atoms with Crippen molar-refractivity contribution in [3.8, 4) is 34.8 Å². The SMILES string of the molecule is C=C(Oc1n[nH]c(-c2ccccc2)n1)c1ccc(C(=O)Oc2n[nH]c(-c3ccccc3)n2)cc1. The van der Waals surface area contributed by atoms with E-state index in [0.717, 1.165) is 11.1 Å². The molecule has 0 aliphatic rings. The monoisotopic (exact) mass is 450 g/mol. The lowest BCUT2D eigenvalue weighted by atomic mass is 10.1.